The lowest BCUT2D eigenvalue weighted by Crippen LogP contribution is -2.04. The molecule has 0 aliphatic rings. The molecular weight excluding hydrogens is 172 g/mol. The fraction of sp³-hybridized carbons (Fsp3) is 0.250. The van der Waals surface area contributed by atoms with Crippen LogP contribution in [0.25, 0.3) is 0 Å². The van der Waals surface area contributed by atoms with E-state index in [-0.39, 0.29) is 12.3 Å². The first-order chi connectivity index (χ1) is 6.24. The molecule has 0 fully saturated rings. The van der Waals surface area contributed by atoms with Gasteiger partial charge in [-0.3, -0.25) is 10.1 Å². The molecule has 1 aromatic carbocycles. The zero-order valence-electron chi connectivity index (χ0n) is 6.93. The zero-order valence-corrected chi connectivity index (χ0v) is 6.93. The maximum absolute atomic E-state index is 10.3. The van der Waals surface area contributed by atoms with Gasteiger partial charge in [0.15, 0.2) is 0 Å². The van der Waals surface area contributed by atoms with Crippen molar-refractivity contribution in [3.63, 3.8) is 0 Å². The summed E-state index contributed by atoms with van der Waals surface area (Å²) in [6.45, 7) is 0.481. The molecule has 13 heavy (non-hydrogen) atoms. The van der Waals surface area contributed by atoms with Gasteiger partial charge < -0.3 is 10.4 Å². The van der Waals surface area contributed by atoms with Crippen LogP contribution in [0.15, 0.2) is 24.3 Å². The van der Waals surface area contributed by atoms with Gasteiger partial charge in [0.1, 0.15) is 0 Å². The number of non-ortho nitro benzene ring substituents is 1. The van der Waals surface area contributed by atoms with Crippen LogP contribution in [0.5, 0.6) is 0 Å². The van der Waals surface area contributed by atoms with Gasteiger partial charge in [0.2, 0.25) is 0 Å². The molecule has 1 aromatic rings. The molecule has 5 nitrogen and oxygen atoms in total. The van der Waals surface area contributed by atoms with Crippen LogP contribution in [-0.4, -0.2) is 23.2 Å². The van der Waals surface area contributed by atoms with E-state index in [9.17, 15) is 10.1 Å². The summed E-state index contributed by atoms with van der Waals surface area (Å²) in [4.78, 5) is 9.82. The highest BCUT2D eigenvalue weighted by atomic mass is 16.6. The summed E-state index contributed by atoms with van der Waals surface area (Å²) >= 11 is 0. The molecule has 0 saturated heterocycles. The van der Waals surface area contributed by atoms with E-state index in [1.807, 2.05) is 0 Å². The molecule has 0 amide bonds. The Hall–Kier alpha value is -1.62. The highest BCUT2D eigenvalue weighted by molar-refractivity contribution is 5.48. The van der Waals surface area contributed by atoms with Crippen molar-refractivity contribution in [3.05, 3.63) is 34.4 Å². The molecule has 70 valence electrons. The topological polar surface area (TPSA) is 75.4 Å². The molecule has 0 saturated carbocycles. The molecule has 2 N–H and O–H groups in total. The molecule has 1 rings (SSSR count). The Labute approximate surface area is 75.2 Å². The van der Waals surface area contributed by atoms with Gasteiger partial charge in [0.25, 0.3) is 5.69 Å². The number of aliphatic hydroxyl groups excluding tert-OH is 1. The number of nitrogens with zero attached hydrogens (tertiary/aromatic N) is 1. The fourth-order valence-corrected chi connectivity index (χ4v) is 0.901. The summed E-state index contributed by atoms with van der Waals surface area (Å²) in [5.41, 5.74) is 0.828. The number of hydrogen-bond acceptors (Lipinski definition) is 4. The van der Waals surface area contributed by atoms with Crippen LogP contribution in [0, 0.1) is 10.1 Å². The van der Waals surface area contributed by atoms with Crippen molar-refractivity contribution in [3.8, 4) is 0 Å². The van der Waals surface area contributed by atoms with Gasteiger partial charge in [-0.25, -0.2) is 0 Å². The van der Waals surface area contributed by atoms with Crippen molar-refractivity contribution >= 4 is 11.4 Å². The third kappa shape index (κ3) is 2.72. The second kappa shape index (κ2) is 4.42. The number of aliphatic hydroxyl groups is 1. The first-order valence-electron chi connectivity index (χ1n) is 3.83. The summed E-state index contributed by atoms with van der Waals surface area (Å²) in [5, 5.41) is 21.7. The van der Waals surface area contributed by atoms with Gasteiger partial charge in [0.05, 0.1) is 11.5 Å². The number of nitro groups is 1. The molecule has 0 aliphatic carbocycles. The lowest BCUT2D eigenvalue weighted by molar-refractivity contribution is -0.384. The summed E-state index contributed by atoms with van der Waals surface area (Å²) in [6, 6.07) is 6.04. The quantitative estimate of drug-likeness (QED) is 0.538. The highest BCUT2D eigenvalue weighted by Gasteiger charge is 2.02. The van der Waals surface area contributed by atoms with E-state index in [0.29, 0.717) is 6.54 Å². The number of nitrogens with one attached hydrogen (secondary N) is 1. The first kappa shape index (κ1) is 9.47. The molecule has 0 atom stereocenters. The predicted molar refractivity (Wildman–Crippen MR) is 48.7 cm³/mol. The largest absolute Gasteiger partial charge is 0.395 e. The average molecular weight is 182 g/mol. The monoisotopic (exact) mass is 182 g/mol. The van der Waals surface area contributed by atoms with Crippen molar-refractivity contribution in [2.75, 3.05) is 18.5 Å². The minimum atomic E-state index is -0.449. The maximum atomic E-state index is 10.3. The number of hydrogen-bond donors (Lipinski definition) is 2. The van der Waals surface area contributed by atoms with E-state index < -0.39 is 4.92 Å². The number of benzene rings is 1. The summed E-state index contributed by atoms with van der Waals surface area (Å²) < 4.78 is 0. The van der Waals surface area contributed by atoms with Crippen LogP contribution in [0.2, 0.25) is 0 Å². The Balaban J connectivity index is 2.64. The average Bonchev–Trinajstić information content (AvgIpc) is 2.15. The molecule has 0 spiro atoms. The van der Waals surface area contributed by atoms with Crippen molar-refractivity contribution < 1.29 is 10.0 Å². The van der Waals surface area contributed by atoms with Gasteiger partial charge >= 0.3 is 0 Å². The normalized spacial score (nSPS) is 9.62. The Morgan fingerprint density at radius 3 is 2.46 bits per heavy atom. The van der Waals surface area contributed by atoms with Crippen molar-refractivity contribution in [1.29, 1.82) is 0 Å². The molecule has 0 unspecified atom stereocenters. The second-order valence-corrected chi connectivity index (χ2v) is 2.45. The molecule has 0 heterocycles. The molecule has 0 bridgehead atoms. The van der Waals surface area contributed by atoms with Crippen LogP contribution in [0.1, 0.15) is 0 Å². The van der Waals surface area contributed by atoms with Gasteiger partial charge in [-0.15, -0.1) is 0 Å². The summed E-state index contributed by atoms with van der Waals surface area (Å²) in [5.74, 6) is 0. The van der Waals surface area contributed by atoms with E-state index in [1.165, 1.54) is 12.1 Å². The van der Waals surface area contributed by atoms with Gasteiger partial charge in [0, 0.05) is 24.4 Å². The third-order valence-corrected chi connectivity index (χ3v) is 1.52. The maximum Gasteiger partial charge on any atom is 0.269 e. The Morgan fingerprint density at radius 1 is 1.38 bits per heavy atom. The van der Waals surface area contributed by atoms with Crippen LogP contribution in [0.3, 0.4) is 0 Å². The Morgan fingerprint density at radius 2 is 2.00 bits per heavy atom. The molecule has 0 aromatic heterocycles. The number of rotatable bonds is 4. The van der Waals surface area contributed by atoms with Crippen LogP contribution < -0.4 is 5.32 Å². The minimum absolute atomic E-state index is 0.0387. The minimum Gasteiger partial charge on any atom is -0.395 e. The van der Waals surface area contributed by atoms with E-state index in [0.717, 1.165) is 5.69 Å². The molecule has 0 radical (unpaired) electrons. The lowest BCUT2D eigenvalue weighted by atomic mass is 10.3. The zero-order chi connectivity index (χ0) is 9.68. The van der Waals surface area contributed by atoms with Gasteiger partial charge in [-0.1, -0.05) is 0 Å². The standard InChI is InChI=1S/C8H10N2O3/c11-6-5-9-7-1-3-8(4-2-7)10(12)13/h1-4,9,11H,5-6H2. The first-order valence-corrected chi connectivity index (χ1v) is 3.83. The van der Waals surface area contributed by atoms with E-state index in [4.69, 9.17) is 5.11 Å². The Bertz CT molecular complexity index is 284. The lowest BCUT2D eigenvalue weighted by Gasteiger charge is -2.02. The van der Waals surface area contributed by atoms with E-state index in [2.05, 4.69) is 5.32 Å². The van der Waals surface area contributed by atoms with Gasteiger partial charge in [-0.05, 0) is 12.1 Å². The van der Waals surface area contributed by atoms with E-state index in [1.54, 1.807) is 12.1 Å². The molecule has 5 heteroatoms. The summed E-state index contributed by atoms with van der Waals surface area (Å²) in [6.07, 6.45) is 0. The Kier molecular flexibility index (Phi) is 3.22. The predicted octanol–water partition coefficient (Wildman–Crippen LogP) is 0.999. The van der Waals surface area contributed by atoms with E-state index >= 15 is 0 Å². The van der Waals surface area contributed by atoms with Crippen molar-refractivity contribution in [2.45, 2.75) is 0 Å². The second-order valence-electron chi connectivity index (χ2n) is 2.45. The highest BCUT2D eigenvalue weighted by Crippen LogP contribution is 2.14. The van der Waals surface area contributed by atoms with Crippen LogP contribution in [-0.2, 0) is 0 Å². The fourth-order valence-electron chi connectivity index (χ4n) is 0.901. The molecule has 0 aliphatic heterocycles. The number of nitro benzene ring substituents is 1. The van der Waals surface area contributed by atoms with Crippen LogP contribution >= 0.6 is 0 Å². The molecular formula is C8H10N2O3. The third-order valence-electron chi connectivity index (χ3n) is 1.52. The number of anilines is 1. The SMILES string of the molecule is O=[N+]([O-])c1ccc(NCCO)cc1. The van der Waals surface area contributed by atoms with Crippen molar-refractivity contribution in [1.82, 2.24) is 0 Å². The van der Waals surface area contributed by atoms with Gasteiger partial charge in [-0.2, -0.15) is 0 Å². The smallest absolute Gasteiger partial charge is 0.269 e. The van der Waals surface area contributed by atoms with Crippen LogP contribution in [0.4, 0.5) is 11.4 Å². The van der Waals surface area contributed by atoms with Crippen molar-refractivity contribution in [2.24, 2.45) is 0 Å². The summed E-state index contributed by atoms with van der Waals surface area (Å²) in [7, 11) is 0.